The Kier molecular flexibility index (Phi) is 10.4. The highest BCUT2D eigenvalue weighted by Crippen LogP contribution is 2.39. The second-order valence-electron chi connectivity index (χ2n) is 11.7. The van der Waals surface area contributed by atoms with Gasteiger partial charge in [-0.15, -0.1) is 0 Å². The maximum absolute atomic E-state index is 6.45. The van der Waals surface area contributed by atoms with E-state index in [0.717, 1.165) is 85.8 Å². The fourth-order valence-corrected chi connectivity index (χ4v) is 6.59. The van der Waals surface area contributed by atoms with E-state index in [1.807, 2.05) is 42.5 Å². The van der Waals surface area contributed by atoms with E-state index in [9.17, 15) is 0 Å². The van der Waals surface area contributed by atoms with Crippen LogP contribution in [0.15, 0.2) is 67.1 Å². The van der Waals surface area contributed by atoms with Gasteiger partial charge in [0.15, 0.2) is 0 Å². The lowest BCUT2D eigenvalue weighted by Crippen LogP contribution is -2.51. The molecule has 4 N–H and O–H groups in total. The van der Waals surface area contributed by atoms with Gasteiger partial charge in [0.1, 0.15) is 29.3 Å². The van der Waals surface area contributed by atoms with Gasteiger partial charge >= 0.3 is 0 Å². The zero-order valence-corrected chi connectivity index (χ0v) is 25.5. The molecule has 2 fully saturated rings. The average Bonchev–Trinajstić information content (AvgIpc) is 3.47. The molecule has 0 bridgehead atoms. The summed E-state index contributed by atoms with van der Waals surface area (Å²) in [5.41, 5.74) is 14.9. The minimum absolute atomic E-state index is 0.393. The summed E-state index contributed by atoms with van der Waals surface area (Å²) in [6, 6.07) is 19.0. The average molecular weight is 600 g/mol. The van der Waals surface area contributed by atoms with Crippen LogP contribution in [0.5, 0.6) is 11.5 Å². The summed E-state index contributed by atoms with van der Waals surface area (Å²) in [5.74, 6) is 2.13. The number of nitrogens with two attached hydrogens (primary N) is 2. The van der Waals surface area contributed by atoms with Crippen molar-refractivity contribution >= 4 is 16.9 Å². The molecular formula is C34H45N7O3. The number of benzene rings is 2. The van der Waals surface area contributed by atoms with E-state index in [0.29, 0.717) is 44.3 Å². The second kappa shape index (κ2) is 15.0. The molecule has 10 nitrogen and oxygen atoms in total. The molecule has 2 aliphatic rings. The molecule has 234 valence electrons. The molecule has 10 heteroatoms. The van der Waals surface area contributed by atoms with Crippen molar-refractivity contribution in [3.05, 3.63) is 67.1 Å². The Balaban J connectivity index is 1.04. The van der Waals surface area contributed by atoms with Crippen molar-refractivity contribution in [3.63, 3.8) is 0 Å². The standard InChI is InChI=1S/C34H45N7O3/c35-14-20-42-22-23-43-21-19-39-15-17-40(18-16-39)27-8-10-28(11-9-27)41-24-31(32-33(36)37-25-38-34(32)41)26-6-12-30(13-7-26)44-29-4-2-1-3-5-29/h1-7,12-13,24-25,27-28H,8-11,14-23,35H2,(H2,36,37,38). The topological polar surface area (TPSA) is 117 Å². The molecule has 4 aromatic rings. The molecule has 1 saturated heterocycles. The number of anilines is 1. The maximum Gasteiger partial charge on any atom is 0.146 e. The number of para-hydroxylation sites is 1. The van der Waals surface area contributed by atoms with E-state index < -0.39 is 0 Å². The molecule has 44 heavy (non-hydrogen) atoms. The molecule has 0 unspecified atom stereocenters. The van der Waals surface area contributed by atoms with Crippen molar-refractivity contribution in [1.29, 1.82) is 0 Å². The Bertz CT molecular complexity index is 1450. The number of piperazine rings is 1. The Hall–Kier alpha value is -3.54. The van der Waals surface area contributed by atoms with Crippen molar-refractivity contribution in [2.75, 3.05) is 71.4 Å². The lowest BCUT2D eigenvalue weighted by atomic mass is 9.89. The molecular weight excluding hydrogens is 554 g/mol. The Morgan fingerprint density at radius 3 is 2.16 bits per heavy atom. The van der Waals surface area contributed by atoms with Gasteiger partial charge in [0.25, 0.3) is 0 Å². The number of ether oxygens (including phenoxy) is 3. The van der Waals surface area contributed by atoms with Crippen LogP contribution in [-0.2, 0) is 9.47 Å². The Morgan fingerprint density at radius 2 is 1.43 bits per heavy atom. The Labute approximate surface area is 259 Å². The molecule has 0 amide bonds. The molecule has 0 spiro atoms. The van der Waals surface area contributed by atoms with Crippen LogP contribution in [0, 0.1) is 0 Å². The van der Waals surface area contributed by atoms with Gasteiger partial charge in [0.2, 0.25) is 0 Å². The van der Waals surface area contributed by atoms with Crippen LogP contribution in [0.25, 0.3) is 22.2 Å². The van der Waals surface area contributed by atoms with Crippen LogP contribution in [0.2, 0.25) is 0 Å². The smallest absolute Gasteiger partial charge is 0.146 e. The van der Waals surface area contributed by atoms with Gasteiger partial charge in [-0.2, -0.15) is 0 Å². The summed E-state index contributed by atoms with van der Waals surface area (Å²) < 4.78 is 19.5. The molecule has 1 aliphatic carbocycles. The number of rotatable bonds is 13. The summed E-state index contributed by atoms with van der Waals surface area (Å²) in [7, 11) is 0. The lowest BCUT2D eigenvalue weighted by molar-refractivity contribution is 0.0259. The van der Waals surface area contributed by atoms with Gasteiger partial charge in [0.05, 0.1) is 31.8 Å². The first-order valence-electron chi connectivity index (χ1n) is 16.0. The third-order valence-electron chi connectivity index (χ3n) is 8.95. The molecule has 0 atom stereocenters. The maximum atomic E-state index is 6.45. The first kappa shape index (κ1) is 30.5. The molecule has 3 heterocycles. The predicted octanol–water partition coefficient (Wildman–Crippen LogP) is 4.57. The van der Waals surface area contributed by atoms with E-state index in [1.165, 1.54) is 12.8 Å². The lowest BCUT2D eigenvalue weighted by Gasteiger charge is -2.42. The number of hydrogen-bond acceptors (Lipinski definition) is 9. The van der Waals surface area contributed by atoms with Crippen LogP contribution >= 0.6 is 0 Å². The number of nitrogens with zero attached hydrogens (tertiary/aromatic N) is 5. The number of nitrogen functional groups attached to an aromatic ring is 1. The van der Waals surface area contributed by atoms with Crippen LogP contribution < -0.4 is 16.2 Å². The fraction of sp³-hybridized carbons (Fsp3) is 0.471. The summed E-state index contributed by atoms with van der Waals surface area (Å²) in [6.07, 6.45) is 8.46. The van der Waals surface area contributed by atoms with Crippen molar-refractivity contribution in [3.8, 4) is 22.6 Å². The minimum Gasteiger partial charge on any atom is -0.457 e. The van der Waals surface area contributed by atoms with Crippen molar-refractivity contribution < 1.29 is 14.2 Å². The third-order valence-corrected chi connectivity index (χ3v) is 8.95. The summed E-state index contributed by atoms with van der Waals surface area (Å²) in [6.45, 7) is 8.59. The SMILES string of the molecule is NCCOCCOCCN1CCN(C2CCC(n3cc(-c4ccc(Oc5ccccc5)cc4)c4c(N)ncnc43)CC2)CC1. The summed E-state index contributed by atoms with van der Waals surface area (Å²) in [5, 5.41) is 0.925. The van der Waals surface area contributed by atoms with Crippen LogP contribution in [0.1, 0.15) is 31.7 Å². The largest absolute Gasteiger partial charge is 0.457 e. The van der Waals surface area contributed by atoms with Crippen molar-refractivity contribution in [2.45, 2.75) is 37.8 Å². The first-order valence-corrected chi connectivity index (χ1v) is 16.0. The molecule has 1 aliphatic heterocycles. The van der Waals surface area contributed by atoms with E-state index in [2.05, 4.69) is 37.7 Å². The highest BCUT2D eigenvalue weighted by atomic mass is 16.5. The van der Waals surface area contributed by atoms with Gasteiger partial charge in [0, 0.05) is 63.1 Å². The number of aromatic nitrogens is 3. The van der Waals surface area contributed by atoms with E-state index in [1.54, 1.807) is 6.33 Å². The minimum atomic E-state index is 0.393. The highest BCUT2D eigenvalue weighted by molar-refractivity contribution is 6.00. The number of hydrogen-bond donors (Lipinski definition) is 2. The van der Waals surface area contributed by atoms with Crippen LogP contribution in [-0.4, -0.2) is 96.1 Å². The monoisotopic (exact) mass is 599 g/mol. The summed E-state index contributed by atoms with van der Waals surface area (Å²) in [4.78, 5) is 14.3. The molecule has 1 saturated carbocycles. The molecule has 6 rings (SSSR count). The van der Waals surface area contributed by atoms with Gasteiger partial charge in [-0.05, 0) is 55.5 Å². The van der Waals surface area contributed by atoms with E-state index in [-0.39, 0.29) is 0 Å². The quantitative estimate of drug-likeness (QED) is 0.213. The van der Waals surface area contributed by atoms with Crippen LogP contribution in [0.3, 0.4) is 0 Å². The molecule has 2 aromatic carbocycles. The van der Waals surface area contributed by atoms with E-state index >= 15 is 0 Å². The van der Waals surface area contributed by atoms with Crippen LogP contribution in [0.4, 0.5) is 5.82 Å². The highest BCUT2D eigenvalue weighted by Gasteiger charge is 2.30. The van der Waals surface area contributed by atoms with Gasteiger partial charge < -0.3 is 30.2 Å². The second-order valence-corrected chi connectivity index (χ2v) is 11.7. The number of fused-ring (bicyclic) bond motifs is 1. The predicted molar refractivity (Wildman–Crippen MR) is 174 cm³/mol. The third kappa shape index (κ3) is 7.39. The van der Waals surface area contributed by atoms with Gasteiger partial charge in [-0.3, -0.25) is 9.80 Å². The first-order chi connectivity index (χ1) is 21.7. The van der Waals surface area contributed by atoms with E-state index in [4.69, 9.17) is 30.7 Å². The summed E-state index contributed by atoms with van der Waals surface area (Å²) >= 11 is 0. The fourth-order valence-electron chi connectivity index (χ4n) is 6.59. The zero-order valence-electron chi connectivity index (χ0n) is 25.5. The normalized spacial score (nSPS) is 19.8. The van der Waals surface area contributed by atoms with Gasteiger partial charge in [-0.1, -0.05) is 30.3 Å². The van der Waals surface area contributed by atoms with Crippen molar-refractivity contribution in [2.24, 2.45) is 5.73 Å². The van der Waals surface area contributed by atoms with Crippen molar-refractivity contribution in [1.82, 2.24) is 24.3 Å². The van der Waals surface area contributed by atoms with Gasteiger partial charge in [-0.25, -0.2) is 9.97 Å². The molecule has 2 aromatic heterocycles. The Morgan fingerprint density at radius 1 is 0.750 bits per heavy atom. The molecule has 0 radical (unpaired) electrons. The zero-order chi connectivity index (χ0) is 30.1.